The Kier molecular flexibility index (Phi) is 5.01. The fourth-order valence-corrected chi connectivity index (χ4v) is 2.81. The first-order valence-electron chi connectivity index (χ1n) is 7.38. The van der Waals surface area contributed by atoms with Crippen LogP contribution in [-0.4, -0.2) is 41.9 Å². The zero-order chi connectivity index (χ0) is 15.4. The number of aromatic nitrogens is 1. The summed E-state index contributed by atoms with van der Waals surface area (Å²) in [4.78, 5) is 18.2. The van der Waals surface area contributed by atoms with E-state index in [1.54, 1.807) is 13.0 Å². The van der Waals surface area contributed by atoms with Gasteiger partial charge in [-0.05, 0) is 25.8 Å². The molecule has 0 radical (unpaired) electrons. The zero-order valence-electron chi connectivity index (χ0n) is 12.6. The van der Waals surface area contributed by atoms with Gasteiger partial charge in [-0.25, -0.2) is 9.78 Å². The highest BCUT2D eigenvalue weighted by molar-refractivity contribution is 5.95. The number of nitrogens with two attached hydrogens (primary N) is 1. The van der Waals surface area contributed by atoms with Crippen LogP contribution in [-0.2, 0) is 4.74 Å². The Morgan fingerprint density at radius 3 is 2.90 bits per heavy atom. The molecule has 0 bridgehead atoms. The van der Waals surface area contributed by atoms with Crippen LogP contribution in [0.3, 0.4) is 0 Å². The normalized spacial score (nSPS) is 21.9. The smallest absolute Gasteiger partial charge is 0.341 e. The third kappa shape index (κ3) is 3.44. The molecular weight excluding hydrogens is 270 g/mol. The monoisotopic (exact) mass is 293 g/mol. The lowest BCUT2D eigenvalue weighted by Gasteiger charge is -2.36. The van der Waals surface area contributed by atoms with Crippen LogP contribution in [0.4, 0.5) is 11.5 Å². The summed E-state index contributed by atoms with van der Waals surface area (Å²) in [6, 6.07) is 1.54. The van der Waals surface area contributed by atoms with Gasteiger partial charge < -0.3 is 20.5 Å². The largest absolute Gasteiger partial charge is 0.462 e. The van der Waals surface area contributed by atoms with E-state index in [-0.39, 0.29) is 6.04 Å². The van der Waals surface area contributed by atoms with Crippen molar-refractivity contribution in [2.24, 2.45) is 0 Å². The Labute approximate surface area is 124 Å². The molecule has 1 aliphatic rings. The summed E-state index contributed by atoms with van der Waals surface area (Å²) < 4.78 is 5.06. The number of nitrogen functional groups attached to an aromatic ring is 1. The molecule has 1 heterocycles. The molecule has 116 valence electrons. The standard InChI is InChI=1S/C15H23N3O3/c1-3-21-15(20)11-8-10(16)9-17-14(11)18(2)12-6-4-5-7-13(12)19/h8-9,12-13,19H,3-7,16H2,1-2H3. The van der Waals surface area contributed by atoms with Crippen LogP contribution in [0.2, 0.25) is 0 Å². The van der Waals surface area contributed by atoms with Crippen molar-refractivity contribution in [2.75, 3.05) is 24.3 Å². The zero-order valence-corrected chi connectivity index (χ0v) is 12.6. The number of nitrogens with zero attached hydrogens (tertiary/aromatic N) is 2. The fourth-order valence-electron chi connectivity index (χ4n) is 2.81. The van der Waals surface area contributed by atoms with Crippen LogP contribution >= 0.6 is 0 Å². The van der Waals surface area contributed by atoms with Gasteiger partial charge in [0.05, 0.1) is 30.6 Å². The first kappa shape index (κ1) is 15.6. The minimum absolute atomic E-state index is 0.0388. The van der Waals surface area contributed by atoms with Crippen molar-refractivity contribution in [3.05, 3.63) is 17.8 Å². The predicted octanol–water partition coefficient (Wildman–Crippen LogP) is 1.58. The van der Waals surface area contributed by atoms with E-state index >= 15 is 0 Å². The van der Waals surface area contributed by atoms with Crippen LogP contribution in [0.15, 0.2) is 12.3 Å². The van der Waals surface area contributed by atoms with Gasteiger partial charge in [-0.3, -0.25) is 0 Å². The summed E-state index contributed by atoms with van der Waals surface area (Å²) in [5.74, 6) is 0.0676. The molecule has 2 rings (SSSR count). The Bertz CT molecular complexity index is 507. The second-order valence-electron chi connectivity index (χ2n) is 5.39. The molecule has 3 N–H and O–H groups in total. The lowest BCUT2D eigenvalue weighted by molar-refractivity contribution is 0.0525. The van der Waals surface area contributed by atoms with E-state index in [1.165, 1.54) is 6.20 Å². The molecule has 6 heteroatoms. The Balaban J connectivity index is 2.31. The highest BCUT2D eigenvalue weighted by atomic mass is 16.5. The summed E-state index contributed by atoms with van der Waals surface area (Å²) in [6.07, 6.45) is 4.87. The number of aliphatic hydroxyl groups is 1. The van der Waals surface area contributed by atoms with Crippen LogP contribution in [0.25, 0.3) is 0 Å². The lowest BCUT2D eigenvalue weighted by atomic mass is 9.91. The number of hydrogen-bond acceptors (Lipinski definition) is 6. The van der Waals surface area contributed by atoms with Gasteiger partial charge in [-0.15, -0.1) is 0 Å². The Hall–Kier alpha value is -1.82. The van der Waals surface area contributed by atoms with Gasteiger partial charge in [-0.1, -0.05) is 12.8 Å². The van der Waals surface area contributed by atoms with E-state index in [0.29, 0.717) is 23.7 Å². The van der Waals surface area contributed by atoms with E-state index in [1.807, 2.05) is 11.9 Å². The molecule has 0 amide bonds. The molecule has 1 saturated carbocycles. The third-order valence-corrected chi connectivity index (χ3v) is 3.91. The van der Waals surface area contributed by atoms with Gasteiger partial charge in [0.25, 0.3) is 0 Å². The number of pyridine rings is 1. The molecule has 0 aliphatic heterocycles. The molecule has 21 heavy (non-hydrogen) atoms. The summed E-state index contributed by atoms with van der Waals surface area (Å²) in [5.41, 5.74) is 6.49. The van der Waals surface area contributed by atoms with Gasteiger partial charge in [0.1, 0.15) is 11.4 Å². The number of likely N-dealkylation sites (N-methyl/N-ethyl adjacent to an activating group) is 1. The van der Waals surface area contributed by atoms with Gasteiger partial charge in [-0.2, -0.15) is 0 Å². The molecular formula is C15H23N3O3. The molecule has 0 aromatic carbocycles. The molecule has 1 aliphatic carbocycles. The number of carbonyl (C=O) groups is 1. The molecule has 2 atom stereocenters. The van der Waals surface area contributed by atoms with Crippen LogP contribution < -0.4 is 10.6 Å². The van der Waals surface area contributed by atoms with Gasteiger partial charge in [0.15, 0.2) is 0 Å². The van der Waals surface area contributed by atoms with Crippen molar-refractivity contribution in [1.29, 1.82) is 0 Å². The maximum absolute atomic E-state index is 12.1. The molecule has 0 spiro atoms. The van der Waals surface area contributed by atoms with E-state index < -0.39 is 12.1 Å². The number of rotatable bonds is 4. The molecule has 1 aromatic rings. The average Bonchev–Trinajstić information content (AvgIpc) is 2.47. The number of esters is 1. The number of hydrogen-bond donors (Lipinski definition) is 2. The first-order valence-corrected chi connectivity index (χ1v) is 7.38. The number of carbonyl (C=O) groups excluding carboxylic acids is 1. The quantitative estimate of drug-likeness (QED) is 0.819. The average molecular weight is 293 g/mol. The van der Waals surface area contributed by atoms with Crippen molar-refractivity contribution in [3.8, 4) is 0 Å². The fraction of sp³-hybridized carbons (Fsp3) is 0.600. The molecule has 1 fully saturated rings. The third-order valence-electron chi connectivity index (χ3n) is 3.91. The van der Waals surface area contributed by atoms with E-state index in [2.05, 4.69) is 4.98 Å². The van der Waals surface area contributed by atoms with Gasteiger partial charge in [0.2, 0.25) is 0 Å². The summed E-state index contributed by atoms with van der Waals surface area (Å²) in [7, 11) is 1.85. The topological polar surface area (TPSA) is 88.7 Å². The summed E-state index contributed by atoms with van der Waals surface area (Å²) in [6.45, 7) is 2.05. The number of anilines is 2. The SMILES string of the molecule is CCOC(=O)c1cc(N)cnc1N(C)C1CCCCC1O. The number of ether oxygens (including phenoxy) is 1. The Morgan fingerprint density at radius 1 is 1.52 bits per heavy atom. The maximum Gasteiger partial charge on any atom is 0.341 e. The van der Waals surface area contributed by atoms with Crippen molar-refractivity contribution in [3.63, 3.8) is 0 Å². The van der Waals surface area contributed by atoms with E-state index in [9.17, 15) is 9.90 Å². The minimum atomic E-state index is -0.440. The summed E-state index contributed by atoms with van der Waals surface area (Å²) >= 11 is 0. The van der Waals surface area contributed by atoms with Crippen molar-refractivity contribution in [1.82, 2.24) is 4.98 Å². The van der Waals surface area contributed by atoms with Crippen LogP contribution in [0.5, 0.6) is 0 Å². The summed E-state index contributed by atoms with van der Waals surface area (Å²) in [5, 5.41) is 10.2. The van der Waals surface area contributed by atoms with Crippen molar-refractivity contribution in [2.45, 2.75) is 44.8 Å². The highest BCUT2D eigenvalue weighted by Gasteiger charge is 2.29. The second-order valence-corrected chi connectivity index (χ2v) is 5.39. The second kappa shape index (κ2) is 6.76. The van der Waals surface area contributed by atoms with Gasteiger partial charge >= 0.3 is 5.97 Å². The van der Waals surface area contributed by atoms with Crippen molar-refractivity contribution < 1.29 is 14.6 Å². The van der Waals surface area contributed by atoms with Crippen LogP contribution in [0.1, 0.15) is 43.0 Å². The molecule has 2 unspecified atom stereocenters. The maximum atomic E-state index is 12.1. The first-order chi connectivity index (χ1) is 10.0. The van der Waals surface area contributed by atoms with Gasteiger partial charge in [0, 0.05) is 7.05 Å². The van der Waals surface area contributed by atoms with E-state index in [4.69, 9.17) is 10.5 Å². The number of aliphatic hydroxyl groups excluding tert-OH is 1. The molecule has 0 saturated heterocycles. The molecule has 1 aromatic heterocycles. The highest BCUT2D eigenvalue weighted by Crippen LogP contribution is 2.28. The Morgan fingerprint density at radius 2 is 2.24 bits per heavy atom. The molecule has 6 nitrogen and oxygen atoms in total. The predicted molar refractivity (Wildman–Crippen MR) is 81.3 cm³/mol. The van der Waals surface area contributed by atoms with Crippen molar-refractivity contribution >= 4 is 17.5 Å². The van der Waals surface area contributed by atoms with E-state index in [0.717, 1.165) is 25.7 Å². The van der Waals surface area contributed by atoms with Crippen LogP contribution in [0, 0.1) is 0 Å². The minimum Gasteiger partial charge on any atom is -0.462 e. The lowest BCUT2D eigenvalue weighted by Crippen LogP contribution is -2.44.